The minimum Gasteiger partial charge on any atom is -0.507 e. The van der Waals surface area contributed by atoms with E-state index in [0.717, 1.165) is 23.0 Å². The summed E-state index contributed by atoms with van der Waals surface area (Å²) in [6.07, 6.45) is 0.949. The lowest BCUT2D eigenvalue weighted by molar-refractivity contribution is 0.0598. The van der Waals surface area contributed by atoms with Gasteiger partial charge >= 0.3 is 5.97 Å². The molecule has 7 heteroatoms. The van der Waals surface area contributed by atoms with Crippen LogP contribution in [0.1, 0.15) is 27.6 Å². The van der Waals surface area contributed by atoms with Crippen molar-refractivity contribution >= 4 is 16.9 Å². The van der Waals surface area contributed by atoms with Crippen molar-refractivity contribution in [3.8, 4) is 22.6 Å². The molecule has 150 valence electrons. The number of carbonyl (C=O) groups is 1. The number of halogens is 2. The van der Waals surface area contributed by atoms with Gasteiger partial charge in [-0.2, -0.15) is 0 Å². The van der Waals surface area contributed by atoms with Crippen molar-refractivity contribution in [2.45, 2.75) is 6.10 Å². The van der Waals surface area contributed by atoms with Crippen LogP contribution in [-0.2, 0) is 4.74 Å². The topological polar surface area (TPSA) is 71.5 Å². The summed E-state index contributed by atoms with van der Waals surface area (Å²) in [4.78, 5) is 15.6. The van der Waals surface area contributed by atoms with E-state index in [1.165, 1.54) is 25.3 Å². The summed E-state index contributed by atoms with van der Waals surface area (Å²) in [5.41, 5.74) is 2.86. The molecular formula is C23H15F2NO4. The first-order valence-corrected chi connectivity index (χ1v) is 9.16. The zero-order chi connectivity index (χ0) is 21.0. The highest BCUT2D eigenvalue weighted by Gasteiger charge is 2.32. The molecule has 30 heavy (non-hydrogen) atoms. The Hall–Kier alpha value is -3.87. The first-order chi connectivity index (χ1) is 14.5. The number of hydrogen-bond acceptors (Lipinski definition) is 4. The second-order valence-electron chi connectivity index (χ2n) is 6.97. The van der Waals surface area contributed by atoms with Crippen LogP contribution in [-0.4, -0.2) is 23.2 Å². The minimum atomic E-state index is -0.983. The van der Waals surface area contributed by atoms with Crippen LogP contribution < -0.4 is 4.74 Å². The maximum Gasteiger partial charge on any atom is 0.342 e. The third kappa shape index (κ3) is 2.55. The molecule has 0 spiro atoms. The van der Waals surface area contributed by atoms with Crippen molar-refractivity contribution < 1.29 is 28.2 Å². The van der Waals surface area contributed by atoms with Crippen LogP contribution in [0.2, 0.25) is 0 Å². The van der Waals surface area contributed by atoms with Gasteiger partial charge in [-0.3, -0.25) is 0 Å². The molecule has 1 aliphatic heterocycles. The summed E-state index contributed by atoms with van der Waals surface area (Å²) in [7, 11) is 1.23. The predicted octanol–water partition coefficient (Wildman–Crippen LogP) is 5.09. The maximum absolute atomic E-state index is 14.0. The Morgan fingerprint density at radius 3 is 2.73 bits per heavy atom. The number of aromatic amines is 1. The number of H-pyrrole nitrogens is 1. The smallest absolute Gasteiger partial charge is 0.342 e. The second-order valence-corrected chi connectivity index (χ2v) is 6.97. The van der Waals surface area contributed by atoms with E-state index in [2.05, 4.69) is 4.98 Å². The molecule has 0 unspecified atom stereocenters. The van der Waals surface area contributed by atoms with E-state index < -0.39 is 23.7 Å². The normalized spacial score (nSPS) is 14.7. The number of phenols is 1. The van der Waals surface area contributed by atoms with Gasteiger partial charge in [-0.05, 0) is 30.3 Å². The average molecular weight is 407 g/mol. The summed E-state index contributed by atoms with van der Waals surface area (Å²) >= 11 is 0. The van der Waals surface area contributed by atoms with Crippen LogP contribution in [0.15, 0.2) is 54.7 Å². The molecule has 4 aromatic rings. The quantitative estimate of drug-likeness (QED) is 0.454. The molecule has 0 fully saturated rings. The van der Waals surface area contributed by atoms with Gasteiger partial charge in [-0.1, -0.05) is 18.2 Å². The Morgan fingerprint density at radius 1 is 1.13 bits per heavy atom. The predicted molar refractivity (Wildman–Crippen MR) is 106 cm³/mol. The minimum absolute atomic E-state index is 0.0309. The Balaban J connectivity index is 1.86. The highest BCUT2D eigenvalue weighted by molar-refractivity contribution is 6.08. The number of carbonyl (C=O) groups excluding carboxylic acids is 1. The summed E-state index contributed by atoms with van der Waals surface area (Å²) in [6, 6.07) is 12.0. The number of ether oxygens (including phenoxy) is 2. The average Bonchev–Trinajstić information content (AvgIpc) is 3.12. The summed E-state index contributed by atoms with van der Waals surface area (Å²) in [5.74, 6) is -2.59. The van der Waals surface area contributed by atoms with Crippen molar-refractivity contribution in [2.24, 2.45) is 0 Å². The Bertz CT molecular complexity index is 1330. The maximum atomic E-state index is 14.0. The molecule has 0 amide bonds. The largest absolute Gasteiger partial charge is 0.507 e. The number of fused-ring (bicyclic) bond motifs is 2. The Labute approximate surface area is 169 Å². The van der Waals surface area contributed by atoms with Crippen molar-refractivity contribution in [1.82, 2.24) is 4.98 Å². The number of aromatic hydroxyl groups is 1. The van der Waals surface area contributed by atoms with Crippen LogP contribution in [0, 0.1) is 11.6 Å². The number of methoxy groups -OCH3 is 1. The van der Waals surface area contributed by atoms with E-state index in [1.54, 1.807) is 6.20 Å². The van der Waals surface area contributed by atoms with Crippen LogP contribution in [0.5, 0.6) is 11.5 Å². The Kier molecular flexibility index (Phi) is 3.99. The molecule has 0 saturated heterocycles. The lowest BCUT2D eigenvalue weighted by Crippen LogP contribution is -2.11. The number of rotatable bonds is 2. The van der Waals surface area contributed by atoms with Crippen molar-refractivity contribution in [1.29, 1.82) is 0 Å². The van der Waals surface area contributed by atoms with Crippen LogP contribution in [0.25, 0.3) is 22.0 Å². The van der Waals surface area contributed by atoms with Gasteiger partial charge in [-0.15, -0.1) is 0 Å². The second kappa shape index (κ2) is 6.59. The molecule has 0 radical (unpaired) electrons. The SMILES string of the molecule is COC(=O)c1c(O)ccc2c1-c1c[nH]c3cccc(c13)[C@@H](c1ccc(F)c(F)c1)O2. The molecule has 3 aromatic carbocycles. The summed E-state index contributed by atoms with van der Waals surface area (Å²) < 4.78 is 38.6. The lowest BCUT2D eigenvalue weighted by atomic mass is 9.93. The van der Waals surface area contributed by atoms with E-state index in [-0.39, 0.29) is 11.3 Å². The number of nitrogens with one attached hydrogen (secondary N) is 1. The molecule has 0 bridgehead atoms. The van der Waals surface area contributed by atoms with Crippen molar-refractivity contribution in [3.63, 3.8) is 0 Å². The van der Waals surface area contributed by atoms with Crippen LogP contribution in [0.3, 0.4) is 0 Å². The molecule has 0 aliphatic carbocycles. The lowest BCUT2D eigenvalue weighted by Gasteiger charge is -2.21. The van der Waals surface area contributed by atoms with Crippen LogP contribution in [0.4, 0.5) is 8.78 Å². The molecular weight excluding hydrogens is 392 g/mol. The van der Waals surface area contributed by atoms with E-state index in [4.69, 9.17) is 9.47 Å². The number of phenolic OH excluding ortho intramolecular Hbond substituents is 1. The van der Waals surface area contributed by atoms with E-state index in [9.17, 15) is 18.7 Å². The number of benzene rings is 3. The van der Waals surface area contributed by atoms with Gasteiger partial charge in [-0.25, -0.2) is 13.6 Å². The van der Waals surface area contributed by atoms with Gasteiger partial charge < -0.3 is 19.6 Å². The fourth-order valence-corrected chi connectivity index (χ4v) is 3.99. The molecule has 2 N–H and O–H groups in total. The number of hydrogen-bond donors (Lipinski definition) is 2. The van der Waals surface area contributed by atoms with E-state index in [1.807, 2.05) is 18.2 Å². The van der Waals surface area contributed by atoms with Gasteiger partial charge in [0, 0.05) is 39.4 Å². The first kappa shape index (κ1) is 18.2. The van der Waals surface area contributed by atoms with Crippen LogP contribution >= 0.6 is 0 Å². The standard InChI is InChI=1S/C23H15F2NO4/c1-29-23(28)21-17(27)7-8-18-20(21)13-10-26-16-4-2-3-12(19(13)16)22(30-18)11-5-6-14(24)15(25)9-11/h2-10,22,26-27H,1H3/t22-/m1/s1. The fraction of sp³-hybridized carbons (Fsp3) is 0.0870. The van der Waals surface area contributed by atoms with Gasteiger partial charge in [0.05, 0.1) is 7.11 Å². The number of esters is 1. The van der Waals surface area contributed by atoms with Crippen molar-refractivity contribution in [2.75, 3.05) is 7.11 Å². The number of aromatic nitrogens is 1. The highest BCUT2D eigenvalue weighted by atomic mass is 19.2. The zero-order valence-corrected chi connectivity index (χ0v) is 15.7. The zero-order valence-electron chi connectivity index (χ0n) is 15.7. The molecule has 5 nitrogen and oxygen atoms in total. The summed E-state index contributed by atoms with van der Waals surface area (Å²) in [5, 5.41) is 11.1. The molecule has 1 aromatic heterocycles. The van der Waals surface area contributed by atoms with Crippen molar-refractivity contribution in [3.05, 3.63) is 83.1 Å². The third-order valence-corrected chi connectivity index (χ3v) is 5.32. The summed E-state index contributed by atoms with van der Waals surface area (Å²) in [6.45, 7) is 0. The van der Waals surface area contributed by atoms with E-state index in [0.29, 0.717) is 28.0 Å². The molecule has 2 heterocycles. The van der Waals surface area contributed by atoms with Gasteiger partial charge in [0.1, 0.15) is 23.2 Å². The molecule has 1 atom stereocenters. The molecule has 1 aliphatic rings. The first-order valence-electron chi connectivity index (χ1n) is 9.16. The highest BCUT2D eigenvalue weighted by Crippen LogP contribution is 2.48. The van der Waals surface area contributed by atoms with E-state index >= 15 is 0 Å². The molecule has 5 rings (SSSR count). The van der Waals surface area contributed by atoms with Gasteiger partial charge in [0.15, 0.2) is 11.6 Å². The monoisotopic (exact) mass is 407 g/mol. The fourth-order valence-electron chi connectivity index (χ4n) is 3.99. The van der Waals surface area contributed by atoms with Gasteiger partial charge in [0.2, 0.25) is 0 Å². The molecule has 0 saturated carbocycles. The third-order valence-electron chi connectivity index (χ3n) is 5.32. The Morgan fingerprint density at radius 2 is 1.97 bits per heavy atom. The van der Waals surface area contributed by atoms with Gasteiger partial charge in [0.25, 0.3) is 0 Å².